The van der Waals surface area contributed by atoms with E-state index in [4.69, 9.17) is 29.3 Å². The highest BCUT2D eigenvalue weighted by Crippen LogP contribution is 2.40. The minimum absolute atomic E-state index is 0.397. The molecule has 1 aliphatic carbocycles. The second kappa shape index (κ2) is 8.99. The van der Waals surface area contributed by atoms with Gasteiger partial charge in [-0.3, -0.25) is 0 Å². The molecule has 1 N–H and O–H groups in total. The molecule has 1 aliphatic heterocycles. The molecule has 4 rings (SSSR count). The smallest absolute Gasteiger partial charge is 0.129 e. The molecular formula is C21H23ClN6S. The molecule has 1 aromatic carbocycles. The third-order valence-corrected chi connectivity index (χ3v) is 6.55. The number of hydrogen-bond donors (Lipinski definition) is 1. The number of pyridine rings is 1. The lowest BCUT2D eigenvalue weighted by atomic mass is 9.75. The van der Waals surface area contributed by atoms with Crippen molar-refractivity contribution in [2.45, 2.75) is 32.1 Å². The number of azide groups is 1. The van der Waals surface area contributed by atoms with Crippen molar-refractivity contribution in [3.05, 3.63) is 57.7 Å². The SMILES string of the molecule is [N-]=[N+]=Nc1ccc(N2CC[C@H]3CCCC[C@@H]3C2)c(NC(=S)c2ccnc(Cl)c2)c1. The Morgan fingerprint density at radius 1 is 1.21 bits per heavy atom. The van der Waals surface area contributed by atoms with E-state index in [0.717, 1.165) is 41.9 Å². The zero-order valence-electron chi connectivity index (χ0n) is 16.1. The first kappa shape index (κ1) is 20.0. The van der Waals surface area contributed by atoms with Crippen molar-refractivity contribution in [2.24, 2.45) is 17.0 Å². The van der Waals surface area contributed by atoms with Crippen molar-refractivity contribution in [1.29, 1.82) is 0 Å². The van der Waals surface area contributed by atoms with Crippen molar-refractivity contribution in [1.82, 2.24) is 4.98 Å². The van der Waals surface area contributed by atoms with Crippen LogP contribution in [0.15, 0.2) is 41.6 Å². The highest BCUT2D eigenvalue weighted by molar-refractivity contribution is 7.81. The van der Waals surface area contributed by atoms with Crippen LogP contribution in [0.1, 0.15) is 37.7 Å². The summed E-state index contributed by atoms with van der Waals surface area (Å²) < 4.78 is 0. The molecule has 8 heteroatoms. The molecule has 0 amide bonds. The number of nitrogens with one attached hydrogen (secondary N) is 1. The summed E-state index contributed by atoms with van der Waals surface area (Å²) in [5.74, 6) is 1.62. The van der Waals surface area contributed by atoms with Gasteiger partial charge in [-0.25, -0.2) is 4.98 Å². The number of nitrogens with zero attached hydrogens (tertiary/aromatic N) is 5. The van der Waals surface area contributed by atoms with E-state index in [1.807, 2.05) is 24.3 Å². The van der Waals surface area contributed by atoms with Gasteiger partial charge in [0, 0.05) is 35.4 Å². The molecule has 0 radical (unpaired) electrons. The van der Waals surface area contributed by atoms with Crippen LogP contribution in [-0.2, 0) is 0 Å². The summed E-state index contributed by atoms with van der Waals surface area (Å²) in [5.41, 5.74) is 12.1. The number of halogens is 1. The van der Waals surface area contributed by atoms with Gasteiger partial charge in [-0.15, -0.1) is 0 Å². The van der Waals surface area contributed by atoms with E-state index in [1.54, 1.807) is 12.3 Å². The number of fused-ring (bicyclic) bond motifs is 1. The quantitative estimate of drug-likeness (QED) is 0.199. The molecule has 2 aromatic rings. The van der Waals surface area contributed by atoms with Crippen LogP contribution in [0, 0.1) is 11.8 Å². The summed E-state index contributed by atoms with van der Waals surface area (Å²) in [4.78, 5) is 9.93. The first-order valence-electron chi connectivity index (χ1n) is 10.0. The van der Waals surface area contributed by atoms with Gasteiger partial charge < -0.3 is 10.2 Å². The topological polar surface area (TPSA) is 76.9 Å². The Kier molecular flexibility index (Phi) is 6.19. The molecule has 0 unspecified atom stereocenters. The van der Waals surface area contributed by atoms with E-state index in [2.05, 4.69) is 25.2 Å². The third kappa shape index (κ3) is 4.64. The maximum atomic E-state index is 8.83. The highest BCUT2D eigenvalue weighted by Gasteiger charge is 2.31. The zero-order chi connectivity index (χ0) is 20.2. The van der Waals surface area contributed by atoms with Gasteiger partial charge in [0.2, 0.25) is 0 Å². The summed E-state index contributed by atoms with van der Waals surface area (Å²) >= 11 is 11.6. The van der Waals surface area contributed by atoms with Crippen molar-refractivity contribution >= 4 is 45.9 Å². The van der Waals surface area contributed by atoms with Gasteiger partial charge in [0.25, 0.3) is 0 Å². The van der Waals surface area contributed by atoms with Crippen LogP contribution in [0.3, 0.4) is 0 Å². The summed E-state index contributed by atoms with van der Waals surface area (Å²) in [5, 5.41) is 7.50. The molecule has 1 saturated carbocycles. The minimum Gasteiger partial charge on any atom is -0.370 e. The number of thiocarbonyl (C=S) groups is 1. The Labute approximate surface area is 180 Å². The van der Waals surface area contributed by atoms with Gasteiger partial charge in [-0.1, -0.05) is 54.3 Å². The average molecular weight is 427 g/mol. The molecule has 29 heavy (non-hydrogen) atoms. The van der Waals surface area contributed by atoms with Gasteiger partial charge in [-0.2, -0.15) is 0 Å². The van der Waals surface area contributed by atoms with Crippen LogP contribution in [-0.4, -0.2) is 23.1 Å². The Morgan fingerprint density at radius 2 is 2.03 bits per heavy atom. The van der Waals surface area contributed by atoms with E-state index in [9.17, 15) is 0 Å². The third-order valence-electron chi connectivity index (χ3n) is 6.01. The van der Waals surface area contributed by atoms with Crippen LogP contribution in [0.4, 0.5) is 17.1 Å². The zero-order valence-corrected chi connectivity index (χ0v) is 17.7. The number of hydrogen-bond acceptors (Lipinski definition) is 4. The lowest BCUT2D eigenvalue weighted by molar-refractivity contribution is 0.202. The van der Waals surface area contributed by atoms with Crippen LogP contribution in [0.25, 0.3) is 10.4 Å². The average Bonchev–Trinajstić information content (AvgIpc) is 2.74. The fourth-order valence-corrected chi connectivity index (χ4v) is 4.98. The molecule has 2 fully saturated rings. The number of aromatic nitrogens is 1. The number of benzene rings is 1. The lowest BCUT2D eigenvalue weighted by Gasteiger charge is -2.43. The molecule has 2 atom stereocenters. The van der Waals surface area contributed by atoms with Gasteiger partial charge >= 0.3 is 0 Å². The van der Waals surface area contributed by atoms with Gasteiger partial charge in [-0.05, 0) is 54.5 Å². The number of anilines is 2. The molecule has 1 aromatic heterocycles. The monoisotopic (exact) mass is 426 g/mol. The number of piperidine rings is 1. The molecule has 150 valence electrons. The Bertz CT molecular complexity index is 958. The first-order valence-corrected chi connectivity index (χ1v) is 10.8. The highest BCUT2D eigenvalue weighted by atomic mass is 35.5. The summed E-state index contributed by atoms with van der Waals surface area (Å²) in [7, 11) is 0. The maximum absolute atomic E-state index is 8.83. The molecule has 0 bridgehead atoms. The van der Waals surface area contributed by atoms with Crippen molar-refractivity contribution in [2.75, 3.05) is 23.3 Å². The predicted octanol–water partition coefficient (Wildman–Crippen LogP) is 6.48. The normalized spacial score (nSPS) is 21.1. The van der Waals surface area contributed by atoms with Crippen LogP contribution in [0.5, 0.6) is 0 Å². The van der Waals surface area contributed by atoms with Crippen LogP contribution < -0.4 is 10.2 Å². The Morgan fingerprint density at radius 3 is 2.83 bits per heavy atom. The maximum Gasteiger partial charge on any atom is 0.129 e. The fourth-order valence-electron chi connectivity index (χ4n) is 4.57. The molecule has 1 saturated heterocycles. The summed E-state index contributed by atoms with van der Waals surface area (Å²) in [6.07, 6.45) is 8.25. The van der Waals surface area contributed by atoms with Gasteiger partial charge in [0.05, 0.1) is 11.4 Å². The van der Waals surface area contributed by atoms with Crippen LogP contribution in [0.2, 0.25) is 5.15 Å². The standard InChI is InChI=1S/C21H23ClN6S/c22-20-11-15(7-9-24-20)21(29)25-18-12-17(26-27-23)5-6-19(18)28-10-8-14-3-1-2-4-16(14)13-28/h5-7,9,11-12,14,16H,1-4,8,10,13H2,(H,25,29)/t14-,16-/m1/s1. The van der Waals surface area contributed by atoms with E-state index in [-0.39, 0.29) is 0 Å². The summed E-state index contributed by atoms with van der Waals surface area (Å²) in [6, 6.07) is 9.31. The largest absolute Gasteiger partial charge is 0.370 e. The Balaban J connectivity index is 1.61. The molecule has 2 aliphatic rings. The number of rotatable bonds is 4. The van der Waals surface area contributed by atoms with Gasteiger partial charge in [0.15, 0.2) is 0 Å². The first-order chi connectivity index (χ1) is 14.1. The predicted molar refractivity (Wildman–Crippen MR) is 122 cm³/mol. The second-order valence-electron chi connectivity index (χ2n) is 7.75. The van der Waals surface area contributed by atoms with Gasteiger partial charge in [0.1, 0.15) is 10.1 Å². The fraction of sp³-hybridized carbons (Fsp3) is 0.429. The van der Waals surface area contributed by atoms with Crippen LogP contribution >= 0.6 is 23.8 Å². The molecule has 0 spiro atoms. The molecule has 6 nitrogen and oxygen atoms in total. The van der Waals surface area contributed by atoms with E-state index in [0.29, 0.717) is 15.8 Å². The molecule has 2 heterocycles. The van der Waals surface area contributed by atoms with E-state index >= 15 is 0 Å². The Hall–Kier alpha value is -2.34. The lowest BCUT2D eigenvalue weighted by Crippen LogP contribution is -2.42. The summed E-state index contributed by atoms with van der Waals surface area (Å²) in [6.45, 7) is 2.10. The van der Waals surface area contributed by atoms with Crippen molar-refractivity contribution in [3.63, 3.8) is 0 Å². The second-order valence-corrected chi connectivity index (χ2v) is 8.55. The minimum atomic E-state index is 0.397. The van der Waals surface area contributed by atoms with Crippen molar-refractivity contribution < 1.29 is 0 Å². The molecular weight excluding hydrogens is 404 g/mol. The van der Waals surface area contributed by atoms with Crippen molar-refractivity contribution in [3.8, 4) is 0 Å². The van der Waals surface area contributed by atoms with E-state index < -0.39 is 0 Å². The van der Waals surface area contributed by atoms with E-state index in [1.165, 1.54) is 32.1 Å².